The molecular weight excluding hydrogens is 280 g/mol. The molecule has 5 unspecified atom stereocenters. The SMILES string of the molecule is CC(CC1CC1)NC1C(NC(=O)OC(C)(C)C)C2CCOC21. The first-order chi connectivity index (χ1) is 10.3. The van der Waals surface area contributed by atoms with Crippen LogP contribution in [0.2, 0.25) is 0 Å². The van der Waals surface area contributed by atoms with Crippen LogP contribution in [0.5, 0.6) is 0 Å². The van der Waals surface area contributed by atoms with Crippen LogP contribution >= 0.6 is 0 Å². The summed E-state index contributed by atoms with van der Waals surface area (Å²) in [5.41, 5.74) is -0.457. The van der Waals surface area contributed by atoms with Crippen molar-refractivity contribution in [1.82, 2.24) is 10.6 Å². The average Bonchev–Trinajstić information content (AvgIpc) is 3.08. The second kappa shape index (κ2) is 6.00. The van der Waals surface area contributed by atoms with Crippen LogP contribution in [0.15, 0.2) is 0 Å². The third-order valence-electron chi connectivity index (χ3n) is 4.93. The third kappa shape index (κ3) is 3.74. The van der Waals surface area contributed by atoms with Gasteiger partial charge in [0, 0.05) is 18.6 Å². The first kappa shape index (κ1) is 16.1. The van der Waals surface area contributed by atoms with Gasteiger partial charge in [-0.2, -0.15) is 0 Å². The number of carbonyl (C=O) groups excluding carboxylic acids is 1. The molecule has 0 spiro atoms. The van der Waals surface area contributed by atoms with E-state index in [9.17, 15) is 4.79 Å². The molecule has 1 aliphatic heterocycles. The van der Waals surface area contributed by atoms with Gasteiger partial charge in [0.25, 0.3) is 0 Å². The van der Waals surface area contributed by atoms with Crippen molar-refractivity contribution in [2.45, 2.75) is 83.2 Å². The number of fused-ring (bicyclic) bond motifs is 1. The standard InChI is InChI=1S/C17H30N2O3/c1-10(9-11-5-6-11)18-14-13(12-7-8-21-15(12)14)19-16(20)22-17(2,3)4/h10-15,18H,5-9H2,1-4H3,(H,19,20). The van der Waals surface area contributed by atoms with E-state index in [4.69, 9.17) is 9.47 Å². The molecule has 3 rings (SSSR count). The fourth-order valence-corrected chi connectivity index (χ4v) is 3.80. The highest BCUT2D eigenvalue weighted by molar-refractivity contribution is 5.68. The molecule has 0 aromatic heterocycles. The summed E-state index contributed by atoms with van der Waals surface area (Å²) >= 11 is 0. The predicted octanol–water partition coefficient (Wildman–Crippen LogP) is 2.45. The van der Waals surface area contributed by atoms with Crippen molar-refractivity contribution in [3.63, 3.8) is 0 Å². The van der Waals surface area contributed by atoms with Crippen molar-refractivity contribution in [2.75, 3.05) is 6.61 Å². The van der Waals surface area contributed by atoms with E-state index >= 15 is 0 Å². The summed E-state index contributed by atoms with van der Waals surface area (Å²) in [5, 5.41) is 6.75. The predicted molar refractivity (Wildman–Crippen MR) is 84.7 cm³/mol. The van der Waals surface area contributed by atoms with Gasteiger partial charge in [-0.05, 0) is 46.5 Å². The summed E-state index contributed by atoms with van der Waals surface area (Å²) in [6, 6.07) is 0.823. The molecule has 2 aliphatic carbocycles. The smallest absolute Gasteiger partial charge is 0.407 e. The number of ether oxygens (including phenoxy) is 2. The molecule has 2 N–H and O–H groups in total. The zero-order chi connectivity index (χ0) is 15.9. The molecule has 0 aromatic carbocycles. The van der Waals surface area contributed by atoms with Gasteiger partial charge in [0.15, 0.2) is 0 Å². The quantitative estimate of drug-likeness (QED) is 0.819. The second-order valence-electron chi connectivity index (χ2n) is 8.23. The van der Waals surface area contributed by atoms with Gasteiger partial charge in [-0.3, -0.25) is 0 Å². The number of nitrogens with one attached hydrogen (secondary N) is 2. The Bertz CT molecular complexity index is 417. The summed E-state index contributed by atoms with van der Waals surface area (Å²) in [6.07, 6.45) is 4.94. The molecule has 0 radical (unpaired) electrons. The van der Waals surface area contributed by atoms with Crippen molar-refractivity contribution in [3.8, 4) is 0 Å². The summed E-state index contributed by atoms with van der Waals surface area (Å²) in [5.74, 6) is 1.33. The van der Waals surface area contributed by atoms with Crippen LogP contribution in [0.3, 0.4) is 0 Å². The Hall–Kier alpha value is -0.810. The van der Waals surface area contributed by atoms with Gasteiger partial charge in [-0.1, -0.05) is 12.8 Å². The van der Waals surface area contributed by atoms with Gasteiger partial charge in [0.1, 0.15) is 5.60 Å². The highest BCUT2D eigenvalue weighted by Crippen LogP contribution is 2.40. The molecule has 5 nitrogen and oxygen atoms in total. The fourth-order valence-electron chi connectivity index (χ4n) is 3.80. The van der Waals surface area contributed by atoms with Crippen molar-refractivity contribution in [1.29, 1.82) is 0 Å². The Morgan fingerprint density at radius 3 is 2.64 bits per heavy atom. The van der Waals surface area contributed by atoms with Crippen LogP contribution in [0, 0.1) is 11.8 Å². The molecule has 1 heterocycles. The topological polar surface area (TPSA) is 59.6 Å². The lowest BCUT2D eigenvalue weighted by molar-refractivity contribution is -0.0375. The van der Waals surface area contributed by atoms with Gasteiger partial charge in [0.2, 0.25) is 0 Å². The van der Waals surface area contributed by atoms with E-state index in [2.05, 4.69) is 17.6 Å². The Labute approximate surface area is 133 Å². The van der Waals surface area contributed by atoms with Gasteiger partial charge in [-0.15, -0.1) is 0 Å². The van der Waals surface area contributed by atoms with Crippen molar-refractivity contribution in [3.05, 3.63) is 0 Å². The summed E-state index contributed by atoms with van der Waals surface area (Å²) in [7, 11) is 0. The monoisotopic (exact) mass is 310 g/mol. The van der Waals surface area contributed by atoms with E-state index in [1.807, 2.05) is 20.8 Å². The molecule has 3 fully saturated rings. The second-order valence-corrected chi connectivity index (χ2v) is 8.23. The van der Waals surface area contributed by atoms with E-state index in [1.54, 1.807) is 0 Å². The minimum Gasteiger partial charge on any atom is -0.444 e. The Balaban J connectivity index is 1.54. The average molecular weight is 310 g/mol. The van der Waals surface area contributed by atoms with Gasteiger partial charge in [-0.25, -0.2) is 4.79 Å². The third-order valence-corrected chi connectivity index (χ3v) is 4.93. The zero-order valence-corrected chi connectivity index (χ0v) is 14.2. The number of hydrogen-bond acceptors (Lipinski definition) is 4. The molecule has 2 saturated carbocycles. The number of rotatable bonds is 5. The van der Waals surface area contributed by atoms with Crippen LogP contribution in [0.25, 0.3) is 0 Å². The van der Waals surface area contributed by atoms with Crippen LogP contribution in [-0.4, -0.2) is 42.5 Å². The van der Waals surface area contributed by atoms with Gasteiger partial charge >= 0.3 is 6.09 Å². The van der Waals surface area contributed by atoms with Crippen molar-refractivity contribution >= 4 is 6.09 Å². The van der Waals surface area contributed by atoms with E-state index < -0.39 is 5.60 Å². The van der Waals surface area contributed by atoms with E-state index in [0.29, 0.717) is 12.0 Å². The molecule has 126 valence electrons. The molecule has 0 aromatic rings. The lowest BCUT2D eigenvalue weighted by Gasteiger charge is -2.49. The van der Waals surface area contributed by atoms with Crippen LogP contribution in [0.4, 0.5) is 4.79 Å². The first-order valence-electron chi connectivity index (χ1n) is 8.70. The Morgan fingerprint density at radius 2 is 2.00 bits per heavy atom. The van der Waals surface area contributed by atoms with E-state index in [-0.39, 0.29) is 24.3 Å². The minimum absolute atomic E-state index is 0.129. The van der Waals surface area contributed by atoms with E-state index in [1.165, 1.54) is 19.3 Å². The first-order valence-corrected chi connectivity index (χ1v) is 8.70. The Morgan fingerprint density at radius 1 is 1.27 bits per heavy atom. The maximum absolute atomic E-state index is 12.1. The summed E-state index contributed by atoms with van der Waals surface area (Å²) in [4.78, 5) is 12.1. The highest BCUT2D eigenvalue weighted by Gasteiger charge is 2.55. The van der Waals surface area contributed by atoms with Crippen molar-refractivity contribution < 1.29 is 14.3 Å². The summed E-state index contributed by atoms with van der Waals surface area (Å²) < 4.78 is 11.2. The highest BCUT2D eigenvalue weighted by atomic mass is 16.6. The minimum atomic E-state index is -0.457. The Kier molecular flexibility index (Phi) is 4.38. The van der Waals surface area contributed by atoms with Crippen LogP contribution in [0.1, 0.15) is 53.4 Å². The molecule has 5 atom stereocenters. The molecule has 3 aliphatic rings. The lowest BCUT2D eigenvalue weighted by Crippen LogP contribution is -2.71. The fraction of sp³-hybridized carbons (Fsp3) is 0.941. The maximum Gasteiger partial charge on any atom is 0.407 e. The largest absolute Gasteiger partial charge is 0.444 e. The van der Waals surface area contributed by atoms with Crippen molar-refractivity contribution in [2.24, 2.45) is 11.8 Å². The zero-order valence-electron chi connectivity index (χ0n) is 14.2. The number of hydrogen-bond donors (Lipinski definition) is 2. The lowest BCUT2D eigenvalue weighted by atomic mass is 9.71. The van der Waals surface area contributed by atoms with Crippen LogP contribution in [-0.2, 0) is 9.47 Å². The normalized spacial score (nSPS) is 35.5. The molecule has 22 heavy (non-hydrogen) atoms. The number of amides is 1. The van der Waals surface area contributed by atoms with E-state index in [0.717, 1.165) is 18.9 Å². The molecular formula is C17H30N2O3. The number of alkyl carbamates (subject to hydrolysis) is 1. The molecule has 5 heteroatoms. The molecule has 0 bridgehead atoms. The maximum atomic E-state index is 12.1. The molecule has 1 saturated heterocycles. The van der Waals surface area contributed by atoms with Gasteiger partial charge in [0.05, 0.1) is 18.2 Å². The molecule has 1 amide bonds. The van der Waals surface area contributed by atoms with Crippen LogP contribution < -0.4 is 10.6 Å². The summed E-state index contributed by atoms with van der Waals surface area (Å²) in [6.45, 7) is 8.72. The van der Waals surface area contributed by atoms with Gasteiger partial charge < -0.3 is 20.1 Å². The number of carbonyl (C=O) groups is 1.